The molecule has 0 radical (unpaired) electrons. The highest BCUT2D eigenvalue weighted by Crippen LogP contribution is 2.07. The lowest BCUT2D eigenvalue weighted by atomic mass is 10.6. The molecule has 0 saturated heterocycles. The molecule has 0 N–H and O–H groups in total. The van der Waals surface area contributed by atoms with Crippen LogP contribution in [-0.2, 0) is 10.3 Å². The molecule has 1 aromatic heterocycles. The van der Waals surface area contributed by atoms with E-state index in [1.807, 2.05) is 0 Å². The molecule has 0 aliphatic rings. The van der Waals surface area contributed by atoms with E-state index in [1.165, 1.54) is 32.7 Å². The van der Waals surface area contributed by atoms with E-state index in [9.17, 15) is 8.42 Å². The molecule has 0 aliphatic heterocycles. The number of rotatable bonds is 3. The van der Waals surface area contributed by atoms with Crippen molar-refractivity contribution in [2.45, 2.75) is 0 Å². The summed E-state index contributed by atoms with van der Waals surface area (Å²) in [6.45, 7) is 0. The lowest BCUT2D eigenvalue weighted by Crippen LogP contribution is -2.27. The van der Waals surface area contributed by atoms with Crippen LogP contribution in [-0.4, -0.2) is 36.8 Å². The maximum absolute atomic E-state index is 11.1. The standard InChI is InChI=1S/C6H9N3O3S/c1-9(2)13(10,11)12-6-3-4-7-5-8-6/h3-5H,1-2H3. The van der Waals surface area contributed by atoms with E-state index in [0.29, 0.717) is 0 Å². The molecule has 1 aromatic rings. The lowest BCUT2D eigenvalue weighted by Gasteiger charge is -2.10. The zero-order valence-electron chi connectivity index (χ0n) is 7.21. The molecular formula is C6H9N3O3S. The van der Waals surface area contributed by atoms with Crippen molar-refractivity contribution in [2.75, 3.05) is 14.1 Å². The van der Waals surface area contributed by atoms with Gasteiger partial charge in [0, 0.05) is 26.4 Å². The van der Waals surface area contributed by atoms with Crippen LogP contribution in [0, 0.1) is 0 Å². The summed E-state index contributed by atoms with van der Waals surface area (Å²) in [5, 5.41) is 0. The van der Waals surface area contributed by atoms with Gasteiger partial charge < -0.3 is 4.18 Å². The van der Waals surface area contributed by atoms with Gasteiger partial charge in [-0.15, -0.1) is 0 Å². The van der Waals surface area contributed by atoms with Crippen molar-refractivity contribution < 1.29 is 12.6 Å². The minimum absolute atomic E-state index is 0.00343. The quantitative estimate of drug-likeness (QED) is 0.672. The Balaban J connectivity index is 2.82. The van der Waals surface area contributed by atoms with Gasteiger partial charge in [-0.25, -0.2) is 9.97 Å². The van der Waals surface area contributed by atoms with Crippen LogP contribution >= 0.6 is 0 Å². The SMILES string of the molecule is CN(C)S(=O)(=O)Oc1ccncn1. The second-order valence-electron chi connectivity index (χ2n) is 2.37. The van der Waals surface area contributed by atoms with Crippen molar-refractivity contribution in [1.29, 1.82) is 0 Å². The maximum atomic E-state index is 11.1. The van der Waals surface area contributed by atoms with E-state index < -0.39 is 10.3 Å². The summed E-state index contributed by atoms with van der Waals surface area (Å²) in [5.41, 5.74) is 0. The molecule has 6 nitrogen and oxygen atoms in total. The van der Waals surface area contributed by atoms with Crippen LogP contribution in [0.2, 0.25) is 0 Å². The molecule has 7 heteroatoms. The Bertz CT molecular complexity index is 362. The Kier molecular flexibility index (Phi) is 2.79. The molecule has 0 saturated carbocycles. The van der Waals surface area contributed by atoms with Gasteiger partial charge in [-0.3, -0.25) is 0 Å². The fraction of sp³-hybridized carbons (Fsp3) is 0.333. The molecule has 0 unspecified atom stereocenters. The summed E-state index contributed by atoms with van der Waals surface area (Å²) in [6, 6.07) is 1.36. The Morgan fingerprint density at radius 3 is 2.62 bits per heavy atom. The van der Waals surface area contributed by atoms with E-state index in [2.05, 4.69) is 14.2 Å². The molecule has 0 spiro atoms. The number of hydrogen-bond donors (Lipinski definition) is 0. The maximum Gasteiger partial charge on any atom is 0.386 e. The van der Waals surface area contributed by atoms with Gasteiger partial charge in [-0.05, 0) is 0 Å². The summed E-state index contributed by atoms with van der Waals surface area (Å²) >= 11 is 0. The van der Waals surface area contributed by atoms with E-state index in [-0.39, 0.29) is 5.88 Å². The van der Waals surface area contributed by atoms with Gasteiger partial charge in [0.05, 0.1) is 0 Å². The molecule has 0 bridgehead atoms. The monoisotopic (exact) mass is 203 g/mol. The van der Waals surface area contributed by atoms with Gasteiger partial charge in [0.15, 0.2) is 0 Å². The molecular weight excluding hydrogens is 194 g/mol. The summed E-state index contributed by atoms with van der Waals surface area (Å²) in [5.74, 6) is 0.00343. The average molecular weight is 203 g/mol. The van der Waals surface area contributed by atoms with Gasteiger partial charge >= 0.3 is 10.3 Å². The van der Waals surface area contributed by atoms with E-state index >= 15 is 0 Å². The lowest BCUT2D eigenvalue weighted by molar-refractivity contribution is 0.414. The number of nitrogens with zero attached hydrogens (tertiary/aromatic N) is 3. The van der Waals surface area contributed by atoms with Gasteiger partial charge in [0.1, 0.15) is 6.33 Å². The zero-order chi connectivity index (χ0) is 9.90. The highest BCUT2D eigenvalue weighted by Gasteiger charge is 2.15. The van der Waals surface area contributed by atoms with Crippen molar-refractivity contribution in [3.63, 3.8) is 0 Å². The van der Waals surface area contributed by atoms with Crippen LogP contribution in [0.1, 0.15) is 0 Å². The van der Waals surface area contributed by atoms with Crippen LogP contribution in [0.4, 0.5) is 0 Å². The van der Waals surface area contributed by atoms with Crippen LogP contribution in [0.25, 0.3) is 0 Å². The second-order valence-corrected chi connectivity index (χ2v) is 4.12. The fourth-order valence-corrected chi connectivity index (χ4v) is 0.974. The van der Waals surface area contributed by atoms with Gasteiger partial charge in [-0.1, -0.05) is 0 Å². The first-order valence-electron chi connectivity index (χ1n) is 3.40. The van der Waals surface area contributed by atoms with Crippen molar-refractivity contribution in [1.82, 2.24) is 14.3 Å². The Hall–Kier alpha value is -1.21. The molecule has 0 fully saturated rings. The highest BCUT2D eigenvalue weighted by atomic mass is 32.2. The highest BCUT2D eigenvalue weighted by molar-refractivity contribution is 7.84. The fourth-order valence-electron chi connectivity index (χ4n) is 0.510. The third-order valence-corrected chi connectivity index (χ3v) is 2.47. The predicted molar refractivity (Wildman–Crippen MR) is 45.3 cm³/mol. The largest absolute Gasteiger partial charge is 0.386 e. The van der Waals surface area contributed by atoms with E-state index in [1.54, 1.807) is 0 Å². The first kappa shape index (κ1) is 9.87. The third-order valence-electron chi connectivity index (χ3n) is 1.19. The van der Waals surface area contributed by atoms with Gasteiger partial charge in [0.25, 0.3) is 0 Å². The van der Waals surface area contributed by atoms with Crippen molar-refractivity contribution >= 4 is 10.3 Å². The minimum atomic E-state index is -3.71. The smallest absolute Gasteiger partial charge is 0.350 e. The van der Waals surface area contributed by atoms with Crippen molar-refractivity contribution in [2.24, 2.45) is 0 Å². The predicted octanol–water partition coefficient (Wildman–Crippen LogP) is -0.338. The summed E-state index contributed by atoms with van der Waals surface area (Å²) in [4.78, 5) is 7.23. The molecule has 13 heavy (non-hydrogen) atoms. The minimum Gasteiger partial charge on any atom is -0.350 e. The third kappa shape index (κ3) is 2.63. The van der Waals surface area contributed by atoms with Gasteiger partial charge in [-0.2, -0.15) is 12.7 Å². The zero-order valence-corrected chi connectivity index (χ0v) is 8.02. The van der Waals surface area contributed by atoms with Crippen LogP contribution < -0.4 is 4.18 Å². The first-order valence-corrected chi connectivity index (χ1v) is 4.77. The first-order chi connectivity index (χ1) is 6.02. The molecule has 1 rings (SSSR count). The summed E-state index contributed by atoms with van der Waals surface area (Å²) in [6.07, 6.45) is 2.61. The van der Waals surface area contributed by atoms with Crippen molar-refractivity contribution in [3.8, 4) is 5.88 Å². The van der Waals surface area contributed by atoms with E-state index in [4.69, 9.17) is 0 Å². The van der Waals surface area contributed by atoms with Crippen LogP contribution in [0.3, 0.4) is 0 Å². The number of aromatic nitrogens is 2. The Labute approximate surface area is 76.4 Å². The summed E-state index contributed by atoms with van der Waals surface area (Å²) < 4.78 is 27.8. The Morgan fingerprint density at radius 2 is 2.15 bits per heavy atom. The van der Waals surface area contributed by atoms with Crippen LogP contribution in [0.5, 0.6) is 5.88 Å². The molecule has 0 aromatic carbocycles. The topological polar surface area (TPSA) is 72.4 Å². The number of hydrogen-bond acceptors (Lipinski definition) is 5. The van der Waals surface area contributed by atoms with Crippen molar-refractivity contribution in [3.05, 3.63) is 18.6 Å². The normalized spacial score (nSPS) is 11.6. The van der Waals surface area contributed by atoms with Crippen LogP contribution in [0.15, 0.2) is 18.6 Å². The molecule has 0 aliphatic carbocycles. The Morgan fingerprint density at radius 1 is 1.46 bits per heavy atom. The second kappa shape index (κ2) is 3.67. The molecule has 0 atom stereocenters. The van der Waals surface area contributed by atoms with Gasteiger partial charge in [0.2, 0.25) is 5.88 Å². The summed E-state index contributed by atoms with van der Waals surface area (Å²) in [7, 11) is -0.965. The molecule has 0 amide bonds. The molecule has 1 heterocycles. The average Bonchev–Trinajstić information content (AvgIpc) is 2.05. The molecule has 72 valence electrons. The van der Waals surface area contributed by atoms with E-state index in [0.717, 1.165) is 4.31 Å².